The Hall–Kier alpha value is -1.65. The molecule has 2 unspecified atom stereocenters. The van der Waals surface area contributed by atoms with Gasteiger partial charge in [-0.3, -0.25) is 0 Å². The fourth-order valence-electron chi connectivity index (χ4n) is 3.26. The van der Waals surface area contributed by atoms with Gasteiger partial charge in [0.15, 0.2) is 9.84 Å². The predicted molar refractivity (Wildman–Crippen MR) is 82.2 cm³/mol. The predicted octanol–water partition coefficient (Wildman–Crippen LogP) is 2.64. The Morgan fingerprint density at radius 2 is 1.81 bits per heavy atom. The second-order valence-electron chi connectivity index (χ2n) is 5.57. The topological polar surface area (TPSA) is 54.4 Å². The van der Waals surface area contributed by atoms with Crippen LogP contribution in [0.3, 0.4) is 0 Å². The maximum atomic E-state index is 12.3. The minimum absolute atomic E-state index is 0.0562. The van der Waals surface area contributed by atoms with Crippen LogP contribution in [0.1, 0.15) is 28.5 Å². The smallest absolute Gasteiger partial charge is 0.179 e. The quantitative estimate of drug-likeness (QED) is 0.948. The molecule has 2 atom stereocenters. The summed E-state index contributed by atoms with van der Waals surface area (Å²) in [6.07, 6.45) is 0. The molecule has 0 saturated carbocycles. The first-order valence-corrected chi connectivity index (χ1v) is 8.68. The third kappa shape index (κ3) is 2.39. The van der Waals surface area contributed by atoms with Crippen LogP contribution in [-0.4, -0.2) is 25.9 Å². The number of hydrogen-bond donors (Lipinski definition) is 1. The summed E-state index contributed by atoms with van der Waals surface area (Å²) >= 11 is 0. The van der Waals surface area contributed by atoms with Crippen LogP contribution >= 0.6 is 0 Å². The summed E-state index contributed by atoms with van der Waals surface area (Å²) in [4.78, 5) is 0.419. The highest BCUT2D eigenvalue weighted by Crippen LogP contribution is 2.43. The molecule has 1 aliphatic rings. The van der Waals surface area contributed by atoms with Crippen molar-refractivity contribution in [2.75, 3.05) is 12.4 Å². The SMILES string of the molecule is Cc1ccccc1C(CO)C1CS(=O)(=O)c2ccccc21. The lowest BCUT2D eigenvalue weighted by Crippen LogP contribution is -2.18. The van der Waals surface area contributed by atoms with E-state index in [1.54, 1.807) is 12.1 Å². The molecule has 3 nitrogen and oxygen atoms in total. The van der Waals surface area contributed by atoms with E-state index < -0.39 is 9.84 Å². The molecule has 1 heterocycles. The monoisotopic (exact) mass is 302 g/mol. The van der Waals surface area contributed by atoms with Crippen LogP contribution in [-0.2, 0) is 9.84 Å². The number of hydrogen-bond acceptors (Lipinski definition) is 3. The first-order valence-electron chi connectivity index (χ1n) is 7.02. The highest BCUT2D eigenvalue weighted by atomic mass is 32.2. The number of fused-ring (bicyclic) bond motifs is 1. The van der Waals surface area contributed by atoms with Crippen LogP contribution in [0.25, 0.3) is 0 Å². The second kappa shape index (κ2) is 5.28. The summed E-state index contributed by atoms with van der Waals surface area (Å²) in [5.41, 5.74) is 2.94. The van der Waals surface area contributed by atoms with Gasteiger partial charge >= 0.3 is 0 Å². The average molecular weight is 302 g/mol. The first kappa shape index (κ1) is 14.3. The molecule has 1 aliphatic heterocycles. The molecule has 0 aromatic heterocycles. The van der Waals surface area contributed by atoms with E-state index in [4.69, 9.17) is 0 Å². The van der Waals surface area contributed by atoms with E-state index in [9.17, 15) is 13.5 Å². The van der Waals surface area contributed by atoms with Crippen LogP contribution in [0.4, 0.5) is 0 Å². The molecular weight excluding hydrogens is 284 g/mol. The summed E-state index contributed by atoms with van der Waals surface area (Å²) in [5.74, 6) is -0.298. The molecule has 2 aromatic rings. The number of aliphatic hydroxyl groups excluding tert-OH is 1. The fraction of sp³-hybridized carbons (Fsp3) is 0.294. The summed E-state index contributed by atoms with van der Waals surface area (Å²) in [5, 5.41) is 9.87. The number of rotatable bonds is 3. The van der Waals surface area contributed by atoms with E-state index in [0.29, 0.717) is 4.90 Å². The summed E-state index contributed by atoms with van der Waals surface area (Å²) in [6.45, 7) is 1.94. The Kier molecular flexibility index (Phi) is 3.59. The minimum Gasteiger partial charge on any atom is -0.396 e. The van der Waals surface area contributed by atoms with Crippen molar-refractivity contribution >= 4 is 9.84 Å². The van der Waals surface area contributed by atoms with Crippen molar-refractivity contribution in [3.63, 3.8) is 0 Å². The van der Waals surface area contributed by atoms with Gasteiger partial charge < -0.3 is 5.11 Å². The first-order chi connectivity index (χ1) is 10.0. The molecule has 4 heteroatoms. The zero-order valence-corrected chi connectivity index (χ0v) is 12.7. The molecule has 3 rings (SSSR count). The van der Waals surface area contributed by atoms with Crippen LogP contribution < -0.4 is 0 Å². The zero-order valence-electron chi connectivity index (χ0n) is 11.9. The number of aryl methyl sites for hydroxylation is 1. The van der Waals surface area contributed by atoms with Crippen molar-refractivity contribution in [2.24, 2.45) is 0 Å². The molecule has 0 saturated heterocycles. The summed E-state index contributed by atoms with van der Waals surface area (Å²) in [6, 6.07) is 15.0. The van der Waals surface area contributed by atoms with E-state index in [0.717, 1.165) is 16.7 Å². The van der Waals surface area contributed by atoms with Crippen molar-refractivity contribution in [2.45, 2.75) is 23.7 Å². The highest BCUT2D eigenvalue weighted by Gasteiger charge is 2.39. The second-order valence-corrected chi connectivity index (χ2v) is 7.57. The average Bonchev–Trinajstić information content (AvgIpc) is 2.74. The van der Waals surface area contributed by atoms with Crippen LogP contribution in [0.5, 0.6) is 0 Å². The lowest BCUT2D eigenvalue weighted by molar-refractivity contribution is 0.252. The molecule has 0 aliphatic carbocycles. The van der Waals surface area contributed by atoms with Gasteiger partial charge in [-0.1, -0.05) is 42.5 Å². The van der Waals surface area contributed by atoms with Crippen molar-refractivity contribution in [3.8, 4) is 0 Å². The molecular formula is C17H18O3S. The van der Waals surface area contributed by atoms with Gasteiger partial charge in [-0.2, -0.15) is 0 Å². The van der Waals surface area contributed by atoms with Gasteiger partial charge in [0.1, 0.15) is 0 Å². The van der Waals surface area contributed by atoms with E-state index >= 15 is 0 Å². The Balaban J connectivity index is 2.10. The molecule has 0 bridgehead atoms. The van der Waals surface area contributed by atoms with Crippen molar-refractivity contribution < 1.29 is 13.5 Å². The van der Waals surface area contributed by atoms with Crippen LogP contribution in [0.2, 0.25) is 0 Å². The largest absolute Gasteiger partial charge is 0.396 e. The maximum absolute atomic E-state index is 12.3. The maximum Gasteiger partial charge on any atom is 0.179 e. The third-order valence-electron chi connectivity index (χ3n) is 4.32. The Bertz CT molecular complexity index is 765. The fourth-order valence-corrected chi connectivity index (χ4v) is 5.19. The van der Waals surface area contributed by atoms with Gasteiger partial charge in [0.2, 0.25) is 0 Å². The van der Waals surface area contributed by atoms with Gasteiger partial charge in [0, 0.05) is 11.8 Å². The molecule has 110 valence electrons. The summed E-state index contributed by atoms with van der Waals surface area (Å²) < 4.78 is 24.6. The van der Waals surface area contributed by atoms with Gasteiger partial charge in [-0.15, -0.1) is 0 Å². The standard InChI is InChI=1S/C17H18O3S/c1-12-6-2-3-7-13(12)15(10-18)16-11-21(19,20)17-9-5-4-8-14(16)17/h2-9,15-16,18H,10-11H2,1H3. The lowest BCUT2D eigenvalue weighted by atomic mass is 9.81. The van der Waals surface area contributed by atoms with Crippen molar-refractivity contribution in [1.29, 1.82) is 0 Å². The van der Waals surface area contributed by atoms with Gasteiger partial charge in [0.05, 0.1) is 17.3 Å². The van der Waals surface area contributed by atoms with Gasteiger partial charge in [0.25, 0.3) is 0 Å². The highest BCUT2D eigenvalue weighted by molar-refractivity contribution is 7.91. The molecule has 0 spiro atoms. The van der Waals surface area contributed by atoms with Crippen LogP contribution in [0, 0.1) is 6.92 Å². The van der Waals surface area contributed by atoms with E-state index in [2.05, 4.69) is 0 Å². The third-order valence-corrected chi connectivity index (χ3v) is 6.16. The lowest BCUT2D eigenvalue weighted by Gasteiger charge is -2.23. The Morgan fingerprint density at radius 1 is 1.14 bits per heavy atom. The Morgan fingerprint density at radius 3 is 2.52 bits per heavy atom. The van der Waals surface area contributed by atoms with E-state index in [-0.39, 0.29) is 24.2 Å². The number of aliphatic hydroxyl groups is 1. The molecule has 1 N–H and O–H groups in total. The zero-order chi connectivity index (χ0) is 15.0. The Labute approximate surface area is 125 Å². The van der Waals surface area contributed by atoms with Crippen molar-refractivity contribution in [3.05, 3.63) is 65.2 Å². The number of benzene rings is 2. The van der Waals surface area contributed by atoms with Gasteiger partial charge in [-0.25, -0.2) is 8.42 Å². The van der Waals surface area contributed by atoms with E-state index in [1.165, 1.54) is 0 Å². The molecule has 0 fully saturated rings. The number of sulfone groups is 1. The molecule has 21 heavy (non-hydrogen) atoms. The molecule has 2 aromatic carbocycles. The van der Waals surface area contributed by atoms with Crippen LogP contribution in [0.15, 0.2) is 53.4 Å². The minimum atomic E-state index is -3.24. The van der Waals surface area contributed by atoms with Crippen molar-refractivity contribution in [1.82, 2.24) is 0 Å². The summed E-state index contributed by atoms with van der Waals surface area (Å²) in [7, 11) is -3.24. The molecule has 0 radical (unpaired) electrons. The van der Waals surface area contributed by atoms with E-state index in [1.807, 2.05) is 43.3 Å². The molecule has 0 amide bonds. The normalized spacial score (nSPS) is 21.0. The van der Waals surface area contributed by atoms with Gasteiger partial charge in [-0.05, 0) is 29.7 Å².